The van der Waals surface area contributed by atoms with Crippen LogP contribution >= 0.6 is 0 Å². The molecule has 0 aliphatic rings. The molecule has 2 heteroatoms. The maximum Gasteiger partial charge on any atom is 0.174 e. The van der Waals surface area contributed by atoms with Crippen molar-refractivity contribution in [1.29, 1.82) is 0 Å². The molecule has 0 N–H and O–H groups in total. The van der Waals surface area contributed by atoms with E-state index in [1.807, 2.05) is 0 Å². The van der Waals surface area contributed by atoms with E-state index in [9.17, 15) is 0 Å². The molecule has 0 aliphatic carbocycles. The molecule has 0 aromatic heterocycles. The molecule has 0 aliphatic heterocycles. The lowest BCUT2D eigenvalue weighted by Gasteiger charge is -1.95. The molecule has 0 atom stereocenters. The highest BCUT2D eigenvalue weighted by molar-refractivity contribution is 5.97. The van der Waals surface area contributed by atoms with Gasteiger partial charge in [-0.1, -0.05) is 26.2 Å². The van der Waals surface area contributed by atoms with Gasteiger partial charge in [-0.25, -0.2) is 0 Å². The molecule has 0 aromatic rings. The molecule has 0 heterocycles. The molecule has 1 radical (unpaired) electrons. The molecule has 49 valence electrons. The van der Waals surface area contributed by atoms with Crippen LogP contribution in [-0.2, 0) is 4.43 Å². The Morgan fingerprint density at radius 2 is 2.00 bits per heavy atom. The summed E-state index contributed by atoms with van der Waals surface area (Å²) >= 11 is 0. The minimum atomic E-state index is 0.943. The highest BCUT2D eigenvalue weighted by atomic mass is 28.2. The van der Waals surface area contributed by atoms with Gasteiger partial charge in [0.15, 0.2) is 10.5 Å². The fourth-order valence-electron chi connectivity index (χ4n) is 0.631. The molecule has 0 aromatic carbocycles. The van der Waals surface area contributed by atoms with Crippen LogP contribution in [0.2, 0.25) is 0 Å². The van der Waals surface area contributed by atoms with Crippen LogP contribution in [0.5, 0.6) is 0 Å². The second kappa shape index (κ2) is 7.18. The number of unbranched alkanes of at least 4 members (excludes halogenated alkanes) is 3. The van der Waals surface area contributed by atoms with E-state index in [4.69, 9.17) is 4.43 Å². The third kappa shape index (κ3) is 6.18. The van der Waals surface area contributed by atoms with E-state index >= 15 is 0 Å². The summed E-state index contributed by atoms with van der Waals surface area (Å²) in [6.07, 6.45) is 5.23. The Hall–Kier alpha value is 0.177. The van der Waals surface area contributed by atoms with Crippen molar-refractivity contribution in [2.75, 3.05) is 6.61 Å². The van der Waals surface area contributed by atoms with E-state index in [-0.39, 0.29) is 0 Å². The third-order valence-corrected chi connectivity index (χ3v) is 1.43. The summed E-state index contributed by atoms with van der Waals surface area (Å²) in [6, 6.07) is 0. The predicted molar refractivity (Wildman–Crippen MR) is 38.6 cm³/mol. The van der Waals surface area contributed by atoms with Crippen LogP contribution in [0.25, 0.3) is 0 Å². The molecule has 0 spiro atoms. The fraction of sp³-hybridized carbons (Fsp3) is 1.00. The average molecular weight is 131 g/mol. The number of hydrogen-bond acceptors (Lipinski definition) is 1. The van der Waals surface area contributed by atoms with Gasteiger partial charge in [0.05, 0.1) is 0 Å². The zero-order valence-electron chi connectivity index (χ0n) is 5.65. The van der Waals surface area contributed by atoms with Crippen LogP contribution in [0.3, 0.4) is 0 Å². The van der Waals surface area contributed by atoms with E-state index < -0.39 is 0 Å². The summed E-state index contributed by atoms with van der Waals surface area (Å²) in [5.74, 6) is 0. The highest BCUT2D eigenvalue weighted by Crippen LogP contribution is 1.97. The molecule has 0 unspecified atom stereocenters. The summed E-state index contributed by atoms with van der Waals surface area (Å²) in [7, 11) is 1.59. The average Bonchev–Trinajstić information content (AvgIpc) is 1.81. The number of hydrogen-bond donors (Lipinski definition) is 0. The first-order valence-corrected chi connectivity index (χ1v) is 3.86. The van der Waals surface area contributed by atoms with Gasteiger partial charge in [0.25, 0.3) is 0 Å². The normalized spacial score (nSPS) is 9.75. The quantitative estimate of drug-likeness (QED) is 0.401. The summed E-state index contributed by atoms with van der Waals surface area (Å²) in [4.78, 5) is 0. The van der Waals surface area contributed by atoms with Gasteiger partial charge < -0.3 is 4.43 Å². The molecule has 0 bridgehead atoms. The van der Waals surface area contributed by atoms with Crippen molar-refractivity contribution in [2.45, 2.75) is 32.6 Å². The molecule has 0 rings (SSSR count). The molecule has 1 nitrogen and oxygen atoms in total. The van der Waals surface area contributed by atoms with Crippen LogP contribution < -0.4 is 0 Å². The molecule has 0 amide bonds. The molecular formula is C6H15OSi. The monoisotopic (exact) mass is 131 g/mol. The van der Waals surface area contributed by atoms with Crippen molar-refractivity contribution in [3.05, 3.63) is 0 Å². The molecule has 8 heavy (non-hydrogen) atoms. The fourth-order valence-corrected chi connectivity index (χ4v) is 0.835. The second-order valence-corrected chi connectivity index (χ2v) is 2.38. The SMILES string of the molecule is CCCCCCO[SiH2]. The van der Waals surface area contributed by atoms with Crippen molar-refractivity contribution < 1.29 is 4.43 Å². The second-order valence-electron chi connectivity index (χ2n) is 1.97. The molecule has 0 fully saturated rings. The first-order chi connectivity index (χ1) is 3.91. The van der Waals surface area contributed by atoms with Crippen LogP contribution in [0.1, 0.15) is 32.6 Å². The van der Waals surface area contributed by atoms with Gasteiger partial charge in [-0.2, -0.15) is 0 Å². The van der Waals surface area contributed by atoms with Crippen LogP contribution in [0.15, 0.2) is 0 Å². The van der Waals surface area contributed by atoms with Crippen LogP contribution in [0.4, 0.5) is 0 Å². The minimum absolute atomic E-state index is 0.943. The van der Waals surface area contributed by atoms with Crippen LogP contribution in [0, 0.1) is 0 Å². The Balaban J connectivity index is 2.53. The zero-order valence-corrected chi connectivity index (χ0v) is 7.07. The van der Waals surface area contributed by atoms with Crippen LogP contribution in [-0.4, -0.2) is 17.1 Å². The highest BCUT2D eigenvalue weighted by Gasteiger charge is 1.83. The van der Waals surface area contributed by atoms with Crippen molar-refractivity contribution in [2.24, 2.45) is 0 Å². The van der Waals surface area contributed by atoms with Gasteiger partial charge >= 0.3 is 0 Å². The lowest BCUT2D eigenvalue weighted by molar-refractivity contribution is 0.334. The van der Waals surface area contributed by atoms with Gasteiger partial charge in [0.1, 0.15) is 0 Å². The van der Waals surface area contributed by atoms with E-state index in [2.05, 4.69) is 6.92 Å². The smallest absolute Gasteiger partial charge is 0.174 e. The minimum Gasteiger partial charge on any atom is -0.425 e. The third-order valence-electron chi connectivity index (χ3n) is 1.14. The Morgan fingerprint density at radius 3 is 2.50 bits per heavy atom. The Kier molecular flexibility index (Phi) is 7.34. The Bertz CT molecular complexity index is 33.5. The van der Waals surface area contributed by atoms with Gasteiger partial charge in [-0.15, -0.1) is 0 Å². The van der Waals surface area contributed by atoms with Gasteiger partial charge in [-0.3, -0.25) is 0 Å². The number of rotatable bonds is 5. The Morgan fingerprint density at radius 1 is 1.25 bits per heavy atom. The summed E-state index contributed by atoms with van der Waals surface area (Å²) in [5.41, 5.74) is 0. The molecule has 0 saturated heterocycles. The summed E-state index contributed by atoms with van der Waals surface area (Å²) < 4.78 is 4.92. The maximum atomic E-state index is 4.92. The largest absolute Gasteiger partial charge is 0.425 e. The van der Waals surface area contributed by atoms with E-state index in [0.29, 0.717) is 0 Å². The van der Waals surface area contributed by atoms with Crippen molar-refractivity contribution in [1.82, 2.24) is 0 Å². The van der Waals surface area contributed by atoms with Gasteiger partial charge in [0, 0.05) is 6.61 Å². The summed E-state index contributed by atoms with van der Waals surface area (Å²) in [6.45, 7) is 3.16. The van der Waals surface area contributed by atoms with Crippen molar-refractivity contribution in [3.63, 3.8) is 0 Å². The van der Waals surface area contributed by atoms with Crippen molar-refractivity contribution in [3.8, 4) is 0 Å². The summed E-state index contributed by atoms with van der Waals surface area (Å²) in [5, 5.41) is 0. The standard InChI is InChI=1S/C6H15OSi/c1-2-3-4-5-6-7-8/h2-6,8H2,1H3. The first-order valence-electron chi connectivity index (χ1n) is 3.28. The van der Waals surface area contributed by atoms with E-state index in [0.717, 1.165) is 6.61 Å². The van der Waals surface area contributed by atoms with Crippen molar-refractivity contribution >= 4 is 10.5 Å². The van der Waals surface area contributed by atoms with E-state index in [1.165, 1.54) is 25.7 Å². The predicted octanol–water partition coefficient (Wildman–Crippen LogP) is 1.13. The topological polar surface area (TPSA) is 9.23 Å². The first kappa shape index (κ1) is 8.18. The van der Waals surface area contributed by atoms with Gasteiger partial charge in [0.2, 0.25) is 0 Å². The Labute approximate surface area is 55.0 Å². The maximum absolute atomic E-state index is 4.92. The zero-order chi connectivity index (χ0) is 6.24. The van der Waals surface area contributed by atoms with E-state index in [1.54, 1.807) is 10.5 Å². The lowest BCUT2D eigenvalue weighted by atomic mass is 10.2. The van der Waals surface area contributed by atoms with Gasteiger partial charge in [-0.05, 0) is 6.42 Å². The lowest BCUT2D eigenvalue weighted by Crippen LogP contribution is -1.88. The molecular weight excluding hydrogens is 116 g/mol. The molecule has 0 saturated carbocycles.